The van der Waals surface area contributed by atoms with Gasteiger partial charge in [-0.05, 0) is 30.2 Å². The van der Waals surface area contributed by atoms with Crippen LogP contribution in [0.2, 0.25) is 0 Å². The first-order chi connectivity index (χ1) is 7.88. The molecule has 6 heteroatoms. The highest BCUT2D eigenvalue weighted by molar-refractivity contribution is 7.89. The molecule has 4 N–H and O–H groups in total. The molecule has 1 aromatic carbocycles. The third-order valence-electron chi connectivity index (χ3n) is 3.20. The summed E-state index contributed by atoms with van der Waals surface area (Å²) in [7, 11) is -3.61. The van der Waals surface area contributed by atoms with Gasteiger partial charge in [-0.3, -0.25) is 0 Å². The van der Waals surface area contributed by atoms with Crippen LogP contribution in [-0.2, 0) is 10.0 Å². The van der Waals surface area contributed by atoms with Crippen molar-refractivity contribution < 1.29 is 8.42 Å². The summed E-state index contributed by atoms with van der Waals surface area (Å²) in [4.78, 5) is 2.29. The quantitative estimate of drug-likeness (QED) is 0.785. The fraction of sp³-hybridized carbons (Fsp3) is 0.455. The Kier molecular flexibility index (Phi) is 3.11. The zero-order valence-corrected chi connectivity index (χ0v) is 10.5. The van der Waals surface area contributed by atoms with Crippen molar-refractivity contribution in [2.75, 3.05) is 18.0 Å². The average molecular weight is 255 g/mol. The summed E-state index contributed by atoms with van der Waals surface area (Å²) in [5, 5.41) is 5.04. The molecule has 1 aromatic rings. The van der Waals surface area contributed by atoms with Crippen LogP contribution >= 0.6 is 0 Å². The van der Waals surface area contributed by atoms with Gasteiger partial charge < -0.3 is 10.6 Å². The Morgan fingerprint density at radius 1 is 1.24 bits per heavy atom. The number of hydrogen-bond acceptors (Lipinski definition) is 4. The maximum absolute atomic E-state index is 11.1. The molecule has 0 saturated carbocycles. The summed E-state index contributed by atoms with van der Waals surface area (Å²) < 4.78 is 22.2. The minimum Gasteiger partial charge on any atom is -0.370 e. The van der Waals surface area contributed by atoms with Gasteiger partial charge in [-0.15, -0.1) is 0 Å². The summed E-state index contributed by atoms with van der Waals surface area (Å²) >= 11 is 0. The molecular weight excluding hydrogens is 238 g/mol. The van der Waals surface area contributed by atoms with Crippen molar-refractivity contribution in [3.8, 4) is 0 Å². The van der Waals surface area contributed by atoms with Crippen LogP contribution in [-0.4, -0.2) is 27.5 Å². The molecule has 94 valence electrons. The van der Waals surface area contributed by atoms with Crippen LogP contribution in [0.25, 0.3) is 0 Å². The fourth-order valence-corrected chi connectivity index (χ4v) is 2.56. The van der Waals surface area contributed by atoms with Gasteiger partial charge >= 0.3 is 0 Å². The van der Waals surface area contributed by atoms with Crippen LogP contribution in [0.15, 0.2) is 29.2 Å². The van der Waals surface area contributed by atoms with Gasteiger partial charge in [0.1, 0.15) is 0 Å². The molecule has 0 radical (unpaired) electrons. The van der Waals surface area contributed by atoms with E-state index in [9.17, 15) is 8.42 Å². The predicted octanol–water partition coefficient (Wildman–Crippen LogP) is 0.117. The molecule has 1 saturated heterocycles. The Balaban J connectivity index is 2.20. The van der Waals surface area contributed by atoms with Gasteiger partial charge in [-0.25, -0.2) is 13.6 Å². The van der Waals surface area contributed by atoms with Gasteiger partial charge in [0.2, 0.25) is 10.0 Å². The standard InChI is InChI=1S/C11H17N3O2S/c1-8-6-14(7-11(8)12)9-2-4-10(5-3-9)17(13,15)16/h2-5,8,11H,6-7,12H2,1H3,(H2,13,15,16). The average Bonchev–Trinajstić information content (AvgIpc) is 2.58. The first kappa shape index (κ1) is 12.3. The van der Waals surface area contributed by atoms with E-state index in [1.807, 2.05) is 0 Å². The van der Waals surface area contributed by atoms with Crippen LogP contribution in [0.4, 0.5) is 5.69 Å². The van der Waals surface area contributed by atoms with Gasteiger partial charge in [-0.1, -0.05) is 6.92 Å². The second kappa shape index (κ2) is 4.29. The van der Waals surface area contributed by atoms with E-state index in [0.29, 0.717) is 5.92 Å². The third kappa shape index (κ3) is 2.59. The molecule has 2 atom stereocenters. The molecule has 0 bridgehead atoms. The molecule has 5 nitrogen and oxygen atoms in total. The summed E-state index contributed by atoms with van der Waals surface area (Å²) in [6, 6.07) is 6.76. The van der Waals surface area contributed by atoms with Gasteiger partial charge in [0, 0.05) is 24.8 Å². The highest BCUT2D eigenvalue weighted by Crippen LogP contribution is 2.23. The predicted molar refractivity (Wildman–Crippen MR) is 67.2 cm³/mol. The Hall–Kier alpha value is -1.11. The lowest BCUT2D eigenvalue weighted by Gasteiger charge is -2.18. The summed E-state index contributed by atoms with van der Waals surface area (Å²) in [5.74, 6) is 0.452. The largest absolute Gasteiger partial charge is 0.370 e. The van der Waals surface area contributed by atoms with E-state index in [2.05, 4.69) is 11.8 Å². The topological polar surface area (TPSA) is 89.4 Å². The van der Waals surface area contributed by atoms with E-state index >= 15 is 0 Å². The van der Waals surface area contributed by atoms with E-state index in [1.165, 1.54) is 12.1 Å². The molecule has 0 spiro atoms. The lowest BCUT2D eigenvalue weighted by Crippen LogP contribution is -2.28. The second-order valence-electron chi connectivity index (χ2n) is 4.59. The Bertz CT molecular complexity index is 488. The van der Waals surface area contributed by atoms with Crippen molar-refractivity contribution in [1.82, 2.24) is 0 Å². The maximum Gasteiger partial charge on any atom is 0.238 e. The van der Waals surface area contributed by atoms with Crippen molar-refractivity contribution in [3.05, 3.63) is 24.3 Å². The number of nitrogens with zero attached hydrogens (tertiary/aromatic N) is 1. The van der Waals surface area contributed by atoms with Gasteiger partial charge in [0.15, 0.2) is 0 Å². The van der Waals surface area contributed by atoms with Crippen LogP contribution in [0.3, 0.4) is 0 Å². The number of rotatable bonds is 2. The Morgan fingerprint density at radius 3 is 2.24 bits per heavy atom. The number of nitrogens with two attached hydrogens (primary N) is 2. The molecule has 1 aliphatic rings. The number of hydrogen-bond donors (Lipinski definition) is 2. The van der Waals surface area contributed by atoms with Gasteiger partial charge in [0.05, 0.1) is 4.90 Å². The highest BCUT2D eigenvalue weighted by Gasteiger charge is 2.26. The molecule has 2 unspecified atom stereocenters. The van der Waals surface area contributed by atoms with Crippen LogP contribution in [0.1, 0.15) is 6.92 Å². The number of anilines is 1. The summed E-state index contributed by atoms with van der Waals surface area (Å²) in [6.45, 7) is 3.81. The first-order valence-electron chi connectivity index (χ1n) is 5.51. The van der Waals surface area contributed by atoms with Crippen LogP contribution < -0.4 is 15.8 Å². The Morgan fingerprint density at radius 2 is 1.82 bits per heavy atom. The zero-order valence-electron chi connectivity index (χ0n) is 9.70. The molecule has 17 heavy (non-hydrogen) atoms. The molecule has 1 fully saturated rings. The second-order valence-corrected chi connectivity index (χ2v) is 6.15. The number of primary sulfonamides is 1. The number of benzene rings is 1. The molecule has 0 aliphatic carbocycles. The first-order valence-corrected chi connectivity index (χ1v) is 7.06. The minimum atomic E-state index is -3.61. The van der Waals surface area contributed by atoms with Crippen LogP contribution in [0, 0.1) is 5.92 Å². The van der Waals surface area contributed by atoms with E-state index in [0.717, 1.165) is 18.8 Å². The molecular formula is C11H17N3O2S. The van der Waals surface area contributed by atoms with Gasteiger partial charge in [-0.2, -0.15) is 0 Å². The molecule has 0 aromatic heterocycles. The van der Waals surface area contributed by atoms with E-state index in [1.54, 1.807) is 12.1 Å². The minimum absolute atomic E-state index is 0.137. The Labute approximate surface area is 101 Å². The lowest BCUT2D eigenvalue weighted by atomic mass is 10.1. The molecule has 0 amide bonds. The maximum atomic E-state index is 11.1. The SMILES string of the molecule is CC1CN(c2ccc(S(N)(=O)=O)cc2)CC1N. The summed E-state index contributed by atoms with van der Waals surface area (Å²) in [5.41, 5.74) is 6.93. The van der Waals surface area contributed by atoms with Crippen molar-refractivity contribution >= 4 is 15.7 Å². The third-order valence-corrected chi connectivity index (χ3v) is 4.13. The molecule has 2 rings (SSSR count). The normalized spacial score (nSPS) is 25.2. The fourth-order valence-electron chi connectivity index (χ4n) is 2.05. The molecule has 1 heterocycles. The monoisotopic (exact) mass is 255 g/mol. The van der Waals surface area contributed by atoms with Crippen molar-refractivity contribution in [2.45, 2.75) is 17.9 Å². The van der Waals surface area contributed by atoms with E-state index < -0.39 is 10.0 Å². The number of sulfonamides is 1. The highest BCUT2D eigenvalue weighted by atomic mass is 32.2. The summed E-state index contributed by atoms with van der Waals surface area (Å²) in [6.07, 6.45) is 0. The van der Waals surface area contributed by atoms with Gasteiger partial charge in [0.25, 0.3) is 0 Å². The zero-order chi connectivity index (χ0) is 12.6. The van der Waals surface area contributed by atoms with Crippen molar-refractivity contribution in [2.24, 2.45) is 16.8 Å². The lowest BCUT2D eigenvalue weighted by molar-refractivity contribution is 0.566. The van der Waals surface area contributed by atoms with Crippen LogP contribution in [0.5, 0.6) is 0 Å². The van der Waals surface area contributed by atoms with E-state index in [-0.39, 0.29) is 10.9 Å². The molecule has 1 aliphatic heterocycles. The smallest absolute Gasteiger partial charge is 0.238 e. The van der Waals surface area contributed by atoms with Crippen molar-refractivity contribution in [1.29, 1.82) is 0 Å². The van der Waals surface area contributed by atoms with E-state index in [4.69, 9.17) is 10.9 Å². The van der Waals surface area contributed by atoms with Crippen molar-refractivity contribution in [3.63, 3.8) is 0 Å².